The van der Waals surface area contributed by atoms with Crippen molar-refractivity contribution in [2.24, 2.45) is 0 Å². The summed E-state index contributed by atoms with van der Waals surface area (Å²) in [6.45, 7) is 11.4. The molecule has 0 aliphatic carbocycles. The van der Waals surface area contributed by atoms with Gasteiger partial charge in [0.05, 0.1) is 6.04 Å². The fourth-order valence-corrected chi connectivity index (χ4v) is 4.52. The molecule has 6 heteroatoms. The lowest BCUT2D eigenvalue weighted by molar-refractivity contribution is 0.0773. The van der Waals surface area contributed by atoms with Crippen LogP contribution in [0.1, 0.15) is 47.8 Å². The van der Waals surface area contributed by atoms with Crippen molar-refractivity contribution in [3.05, 3.63) is 65.2 Å². The number of methoxy groups -OCH3 is 1. The van der Waals surface area contributed by atoms with Crippen molar-refractivity contribution in [1.29, 1.82) is 0 Å². The van der Waals surface area contributed by atoms with Gasteiger partial charge in [-0.15, -0.1) is 0 Å². The summed E-state index contributed by atoms with van der Waals surface area (Å²) in [5.74, 6) is 0.0896. The second-order valence-corrected chi connectivity index (χ2v) is 8.40. The first-order valence-electron chi connectivity index (χ1n) is 11.8. The molecular formula is C26H38N4O2. The highest BCUT2D eigenvalue weighted by molar-refractivity contribution is 5.94. The first-order valence-corrected chi connectivity index (χ1v) is 11.8. The fourth-order valence-electron chi connectivity index (χ4n) is 4.52. The molecule has 174 valence electrons. The van der Waals surface area contributed by atoms with Crippen molar-refractivity contribution in [1.82, 2.24) is 14.7 Å². The van der Waals surface area contributed by atoms with Crippen molar-refractivity contribution in [3.8, 4) is 0 Å². The predicted octanol–water partition coefficient (Wildman–Crippen LogP) is 3.49. The molecule has 1 amide bonds. The molecule has 0 spiro atoms. The number of nitrogen functional groups attached to an aromatic ring is 1. The summed E-state index contributed by atoms with van der Waals surface area (Å²) in [4.78, 5) is 19.6. The highest BCUT2D eigenvalue weighted by Crippen LogP contribution is 2.31. The maximum atomic E-state index is 12.7. The first-order chi connectivity index (χ1) is 15.6. The van der Waals surface area contributed by atoms with Crippen LogP contribution in [-0.4, -0.2) is 80.1 Å². The standard InChI is InChI=1S/C26H38N4O2/c1-4-29(5-2)26(31)22-12-10-21(11-13-22)25(23-8-6-9-24(27)20-23)30-17-15-28(16-18-30)14-7-19-32-3/h6,8-13,20,25H,4-5,7,14-19,27H2,1-3H3/t25-/m1/s1. The van der Waals surface area contributed by atoms with Crippen LogP contribution in [0.3, 0.4) is 0 Å². The van der Waals surface area contributed by atoms with Gasteiger partial charge in [-0.3, -0.25) is 9.69 Å². The Morgan fingerprint density at radius 1 is 1.03 bits per heavy atom. The number of benzene rings is 2. The summed E-state index contributed by atoms with van der Waals surface area (Å²) in [6.07, 6.45) is 1.07. The molecule has 1 atom stereocenters. The van der Waals surface area contributed by atoms with E-state index >= 15 is 0 Å². The Morgan fingerprint density at radius 2 is 1.72 bits per heavy atom. The van der Waals surface area contributed by atoms with Gasteiger partial charge in [0.1, 0.15) is 0 Å². The number of ether oxygens (including phenoxy) is 1. The van der Waals surface area contributed by atoms with Crippen molar-refractivity contribution in [2.75, 3.05) is 65.3 Å². The molecule has 2 aromatic rings. The van der Waals surface area contributed by atoms with Gasteiger partial charge in [-0.25, -0.2) is 0 Å². The molecule has 0 bridgehead atoms. The molecule has 0 saturated carbocycles. The van der Waals surface area contributed by atoms with Crippen LogP contribution in [0, 0.1) is 0 Å². The molecule has 6 nitrogen and oxygen atoms in total. The Balaban J connectivity index is 1.79. The summed E-state index contributed by atoms with van der Waals surface area (Å²) in [5, 5.41) is 0. The number of amides is 1. The lowest BCUT2D eigenvalue weighted by atomic mass is 9.95. The molecule has 1 aliphatic rings. The minimum atomic E-state index is 0.0896. The van der Waals surface area contributed by atoms with Crippen molar-refractivity contribution >= 4 is 11.6 Å². The van der Waals surface area contributed by atoms with E-state index in [-0.39, 0.29) is 11.9 Å². The van der Waals surface area contributed by atoms with E-state index in [0.717, 1.165) is 70.1 Å². The van der Waals surface area contributed by atoms with Gasteiger partial charge in [0.2, 0.25) is 0 Å². The maximum absolute atomic E-state index is 12.7. The number of anilines is 1. The highest BCUT2D eigenvalue weighted by Gasteiger charge is 2.27. The number of carbonyl (C=O) groups excluding carboxylic acids is 1. The average molecular weight is 439 g/mol. The topological polar surface area (TPSA) is 62.0 Å². The van der Waals surface area contributed by atoms with E-state index in [1.54, 1.807) is 7.11 Å². The summed E-state index contributed by atoms with van der Waals surface area (Å²) in [7, 11) is 1.76. The van der Waals surface area contributed by atoms with E-state index in [4.69, 9.17) is 10.5 Å². The van der Waals surface area contributed by atoms with Gasteiger partial charge in [0.25, 0.3) is 5.91 Å². The van der Waals surface area contributed by atoms with Crippen LogP contribution in [0.25, 0.3) is 0 Å². The summed E-state index contributed by atoms with van der Waals surface area (Å²) < 4.78 is 5.20. The monoisotopic (exact) mass is 438 g/mol. The van der Waals surface area contributed by atoms with Gasteiger partial charge in [0, 0.05) is 70.8 Å². The number of rotatable bonds is 10. The normalized spacial score (nSPS) is 16.1. The average Bonchev–Trinajstić information content (AvgIpc) is 2.82. The minimum Gasteiger partial charge on any atom is -0.399 e. The highest BCUT2D eigenvalue weighted by atomic mass is 16.5. The largest absolute Gasteiger partial charge is 0.399 e. The van der Waals surface area contributed by atoms with E-state index in [2.05, 4.69) is 34.1 Å². The number of hydrogen-bond donors (Lipinski definition) is 1. The zero-order chi connectivity index (χ0) is 22.9. The molecule has 32 heavy (non-hydrogen) atoms. The zero-order valence-electron chi connectivity index (χ0n) is 19.8. The molecule has 1 saturated heterocycles. The second kappa shape index (κ2) is 12.0. The van der Waals surface area contributed by atoms with Crippen molar-refractivity contribution in [3.63, 3.8) is 0 Å². The third-order valence-electron chi connectivity index (χ3n) is 6.35. The summed E-state index contributed by atoms with van der Waals surface area (Å²) in [6, 6.07) is 16.5. The number of nitrogens with zero attached hydrogens (tertiary/aromatic N) is 3. The summed E-state index contributed by atoms with van der Waals surface area (Å²) >= 11 is 0. The van der Waals surface area contributed by atoms with Crippen LogP contribution in [0.5, 0.6) is 0 Å². The van der Waals surface area contributed by atoms with Crippen LogP contribution >= 0.6 is 0 Å². The predicted molar refractivity (Wildman–Crippen MR) is 131 cm³/mol. The van der Waals surface area contributed by atoms with Crippen molar-refractivity contribution < 1.29 is 9.53 Å². The van der Waals surface area contributed by atoms with Crippen molar-refractivity contribution in [2.45, 2.75) is 26.3 Å². The molecular weight excluding hydrogens is 400 g/mol. The number of nitrogens with two attached hydrogens (primary N) is 1. The van der Waals surface area contributed by atoms with E-state index in [1.807, 2.05) is 43.0 Å². The second-order valence-electron chi connectivity index (χ2n) is 8.40. The van der Waals surface area contributed by atoms with Crippen LogP contribution in [-0.2, 0) is 4.74 Å². The van der Waals surface area contributed by atoms with E-state index in [9.17, 15) is 4.79 Å². The SMILES string of the molecule is CCN(CC)C(=O)c1ccc([C@H](c2cccc(N)c2)N2CCN(CCCOC)CC2)cc1. The molecule has 2 N–H and O–H groups in total. The quantitative estimate of drug-likeness (QED) is 0.454. The molecule has 0 aromatic heterocycles. The van der Waals surface area contributed by atoms with Gasteiger partial charge in [0.15, 0.2) is 0 Å². The van der Waals surface area contributed by atoms with Crippen LogP contribution in [0.15, 0.2) is 48.5 Å². The Kier molecular flexibility index (Phi) is 9.09. The van der Waals surface area contributed by atoms with Gasteiger partial charge >= 0.3 is 0 Å². The molecule has 1 fully saturated rings. The Hall–Kier alpha value is -2.41. The molecule has 2 aromatic carbocycles. The first kappa shape index (κ1) is 24.2. The van der Waals surface area contributed by atoms with Gasteiger partial charge in [-0.1, -0.05) is 24.3 Å². The van der Waals surface area contributed by atoms with E-state index in [0.29, 0.717) is 0 Å². The lowest BCUT2D eigenvalue weighted by Crippen LogP contribution is -2.48. The van der Waals surface area contributed by atoms with E-state index < -0.39 is 0 Å². The Labute approximate surface area is 192 Å². The molecule has 1 heterocycles. The maximum Gasteiger partial charge on any atom is 0.253 e. The minimum absolute atomic E-state index is 0.0896. The van der Waals surface area contributed by atoms with Crippen LogP contribution in [0.2, 0.25) is 0 Å². The van der Waals surface area contributed by atoms with Gasteiger partial charge in [-0.2, -0.15) is 0 Å². The Morgan fingerprint density at radius 3 is 2.31 bits per heavy atom. The molecule has 3 rings (SSSR count). The van der Waals surface area contributed by atoms with Gasteiger partial charge < -0.3 is 20.3 Å². The summed E-state index contributed by atoms with van der Waals surface area (Å²) in [5.41, 5.74) is 10.0. The molecule has 0 radical (unpaired) electrons. The Bertz CT molecular complexity index is 843. The van der Waals surface area contributed by atoms with Crippen LogP contribution < -0.4 is 5.73 Å². The number of hydrogen-bond acceptors (Lipinski definition) is 5. The number of carbonyl (C=O) groups is 1. The van der Waals surface area contributed by atoms with Gasteiger partial charge in [-0.05, 0) is 55.7 Å². The zero-order valence-corrected chi connectivity index (χ0v) is 19.8. The third kappa shape index (κ3) is 6.09. The molecule has 1 aliphatic heterocycles. The smallest absolute Gasteiger partial charge is 0.253 e. The number of piperazine rings is 1. The fraction of sp³-hybridized carbons (Fsp3) is 0.500. The van der Waals surface area contributed by atoms with E-state index in [1.165, 1.54) is 11.1 Å². The molecule has 0 unspecified atom stereocenters. The third-order valence-corrected chi connectivity index (χ3v) is 6.35. The van der Waals surface area contributed by atoms with Crippen LogP contribution in [0.4, 0.5) is 5.69 Å². The lowest BCUT2D eigenvalue weighted by Gasteiger charge is -2.40.